The highest BCUT2D eigenvalue weighted by Crippen LogP contribution is 2.44. The first-order valence-corrected chi connectivity index (χ1v) is 11.6. The molecule has 4 aromatic rings. The molecule has 2 atom stereocenters. The number of fused-ring (bicyclic) bond motifs is 5. The summed E-state index contributed by atoms with van der Waals surface area (Å²) < 4.78 is 4.41. The van der Waals surface area contributed by atoms with E-state index in [1.807, 2.05) is 48.1 Å². The quantitative estimate of drug-likeness (QED) is 0.439. The Kier molecular flexibility index (Phi) is 4.73. The molecular weight excluding hydrogens is 448 g/mol. The van der Waals surface area contributed by atoms with Crippen molar-refractivity contribution in [2.45, 2.75) is 13.0 Å². The fraction of sp³-hybridized carbons (Fsp3) is 0.259. The minimum Gasteiger partial charge on any atom is -0.350 e. The van der Waals surface area contributed by atoms with E-state index in [4.69, 9.17) is 0 Å². The first kappa shape index (κ1) is 21.2. The van der Waals surface area contributed by atoms with Gasteiger partial charge in [-0.05, 0) is 43.5 Å². The predicted octanol–water partition coefficient (Wildman–Crippen LogP) is 3.51. The van der Waals surface area contributed by atoms with E-state index in [0.717, 1.165) is 59.0 Å². The van der Waals surface area contributed by atoms with Gasteiger partial charge in [-0.2, -0.15) is 0 Å². The molecule has 7 rings (SSSR count). The van der Waals surface area contributed by atoms with Crippen LogP contribution < -0.4 is 10.6 Å². The van der Waals surface area contributed by atoms with Crippen molar-refractivity contribution in [1.29, 1.82) is 0 Å². The second-order valence-electron chi connectivity index (χ2n) is 9.54. The Morgan fingerprint density at radius 2 is 1.53 bits per heavy atom. The molecule has 0 unspecified atom stereocenters. The molecule has 7 heteroatoms. The summed E-state index contributed by atoms with van der Waals surface area (Å²) in [5.41, 5.74) is 6.11. The predicted molar refractivity (Wildman–Crippen MR) is 136 cm³/mol. The minimum absolute atomic E-state index is 0. The highest BCUT2D eigenvalue weighted by molar-refractivity contribution is 6.51. The van der Waals surface area contributed by atoms with E-state index >= 15 is 0 Å². The van der Waals surface area contributed by atoms with Crippen molar-refractivity contribution in [1.82, 2.24) is 19.8 Å². The maximum Gasteiger partial charge on any atom is 0.259 e. The standard InChI is InChI=1S/C27H24N4O2.ClH/c1-30-14-19(17-6-2-4-8-20(17)30)24-25(27(33)29-26(24)32)23-18-7-3-5-9-21(18)31-13-16-12-28-11-15(16)10-22(23)31;/h2-9,14-16,28H,10-13H2,1H3,(H,29,32,33);1H/t15-,16+;/m0./s1. The molecule has 172 valence electrons. The molecule has 0 spiro atoms. The number of aromatic nitrogens is 2. The number of nitrogens with zero attached hydrogens (tertiary/aromatic N) is 2. The number of aryl methyl sites for hydroxylation is 1. The van der Waals surface area contributed by atoms with E-state index in [-0.39, 0.29) is 24.2 Å². The van der Waals surface area contributed by atoms with Crippen LogP contribution in [0.5, 0.6) is 0 Å². The number of hydrogen-bond donors (Lipinski definition) is 2. The number of imide groups is 1. The lowest BCUT2D eigenvalue weighted by Crippen LogP contribution is -2.28. The molecule has 5 heterocycles. The Hall–Kier alpha value is -3.35. The molecule has 2 aromatic carbocycles. The van der Waals surface area contributed by atoms with Crippen LogP contribution in [-0.2, 0) is 29.6 Å². The molecule has 1 fully saturated rings. The second kappa shape index (κ2) is 7.58. The monoisotopic (exact) mass is 472 g/mol. The lowest BCUT2D eigenvalue weighted by molar-refractivity contribution is -0.122. The minimum atomic E-state index is -0.313. The van der Waals surface area contributed by atoms with Crippen LogP contribution >= 0.6 is 12.4 Å². The molecule has 0 bridgehead atoms. The molecule has 0 saturated carbocycles. The van der Waals surface area contributed by atoms with E-state index in [1.54, 1.807) is 0 Å². The van der Waals surface area contributed by atoms with Crippen LogP contribution in [0.3, 0.4) is 0 Å². The summed E-state index contributed by atoms with van der Waals surface area (Å²) in [7, 11) is 1.98. The van der Waals surface area contributed by atoms with E-state index in [9.17, 15) is 9.59 Å². The van der Waals surface area contributed by atoms with Crippen LogP contribution in [0, 0.1) is 11.8 Å². The van der Waals surface area contributed by atoms with Gasteiger partial charge in [0, 0.05) is 58.4 Å². The van der Waals surface area contributed by atoms with Crippen LogP contribution in [0.2, 0.25) is 0 Å². The van der Waals surface area contributed by atoms with Gasteiger partial charge in [-0.1, -0.05) is 36.4 Å². The number of carbonyl (C=O) groups is 2. The van der Waals surface area contributed by atoms with E-state index in [2.05, 4.69) is 33.4 Å². The maximum absolute atomic E-state index is 13.3. The van der Waals surface area contributed by atoms with Crippen molar-refractivity contribution in [3.8, 4) is 0 Å². The Bertz CT molecular complexity index is 1540. The van der Waals surface area contributed by atoms with Gasteiger partial charge in [0.2, 0.25) is 0 Å². The van der Waals surface area contributed by atoms with Gasteiger partial charge in [-0.15, -0.1) is 12.4 Å². The SMILES string of the molecule is Cl.Cn1cc(C2=C(c3c4n(c5ccccc35)C[C@H]3CNC[C@@H]3C4)C(=O)NC2=O)c2ccccc21. The molecule has 2 amide bonds. The van der Waals surface area contributed by atoms with Gasteiger partial charge in [-0.25, -0.2) is 0 Å². The molecule has 2 N–H and O–H groups in total. The van der Waals surface area contributed by atoms with Crippen molar-refractivity contribution in [2.75, 3.05) is 13.1 Å². The van der Waals surface area contributed by atoms with Gasteiger partial charge in [0.15, 0.2) is 0 Å². The smallest absolute Gasteiger partial charge is 0.259 e. The number of nitrogens with one attached hydrogen (secondary N) is 2. The summed E-state index contributed by atoms with van der Waals surface area (Å²) in [6, 6.07) is 16.3. The Morgan fingerprint density at radius 1 is 0.853 bits per heavy atom. The third-order valence-electron chi connectivity index (χ3n) is 7.78. The molecule has 0 radical (unpaired) electrons. The van der Waals surface area contributed by atoms with Gasteiger partial charge in [0.1, 0.15) is 0 Å². The molecule has 0 aliphatic carbocycles. The molecule has 6 nitrogen and oxygen atoms in total. The summed E-state index contributed by atoms with van der Waals surface area (Å²) >= 11 is 0. The van der Waals surface area contributed by atoms with Crippen LogP contribution in [0.15, 0.2) is 54.7 Å². The molecule has 1 saturated heterocycles. The normalized spacial score (nSPS) is 21.7. The Labute approximate surface area is 203 Å². The fourth-order valence-electron chi connectivity index (χ4n) is 6.27. The topological polar surface area (TPSA) is 68.1 Å². The number of carbonyl (C=O) groups excluding carboxylic acids is 2. The van der Waals surface area contributed by atoms with Gasteiger partial charge in [0.25, 0.3) is 11.8 Å². The summed E-state index contributed by atoms with van der Waals surface area (Å²) in [5.74, 6) is 0.550. The first-order valence-electron chi connectivity index (χ1n) is 11.6. The lowest BCUT2D eigenvalue weighted by atomic mass is 9.85. The van der Waals surface area contributed by atoms with Crippen LogP contribution in [0.4, 0.5) is 0 Å². The summed E-state index contributed by atoms with van der Waals surface area (Å²) in [4.78, 5) is 26.6. The number of rotatable bonds is 2. The van der Waals surface area contributed by atoms with E-state index in [0.29, 0.717) is 23.0 Å². The van der Waals surface area contributed by atoms with Gasteiger partial charge in [0.05, 0.1) is 11.1 Å². The average Bonchev–Trinajstić information content (AvgIpc) is 3.56. The number of halogens is 1. The van der Waals surface area contributed by atoms with Crippen molar-refractivity contribution in [3.63, 3.8) is 0 Å². The third kappa shape index (κ3) is 2.79. The number of benzene rings is 2. The number of para-hydroxylation sites is 2. The molecule has 3 aliphatic rings. The Balaban J connectivity index is 0.00000217. The molecular formula is C27H25ClN4O2. The van der Waals surface area contributed by atoms with Crippen molar-refractivity contribution in [3.05, 3.63) is 71.5 Å². The van der Waals surface area contributed by atoms with Crippen LogP contribution in [0.1, 0.15) is 16.8 Å². The van der Waals surface area contributed by atoms with Gasteiger partial charge < -0.3 is 14.5 Å². The van der Waals surface area contributed by atoms with E-state index in [1.165, 1.54) is 5.69 Å². The number of amides is 2. The summed E-state index contributed by atoms with van der Waals surface area (Å²) in [6.45, 7) is 2.99. The van der Waals surface area contributed by atoms with E-state index < -0.39 is 0 Å². The molecule has 2 aromatic heterocycles. The molecule has 34 heavy (non-hydrogen) atoms. The first-order chi connectivity index (χ1) is 16.1. The van der Waals surface area contributed by atoms with Gasteiger partial charge >= 0.3 is 0 Å². The van der Waals surface area contributed by atoms with Crippen LogP contribution in [-0.4, -0.2) is 34.0 Å². The van der Waals surface area contributed by atoms with Crippen LogP contribution in [0.25, 0.3) is 33.0 Å². The average molecular weight is 473 g/mol. The second-order valence-corrected chi connectivity index (χ2v) is 9.54. The van der Waals surface area contributed by atoms with Gasteiger partial charge in [-0.3, -0.25) is 14.9 Å². The lowest BCUT2D eigenvalue weighted by Gasteiger charge is -2.28. The zero-order chi connectivity index (χ0) is 22.3. The molecule has 3 aliphatic heterocycles. The fourth-order valence-corrected chi connectivity index (χ4v) is 6.27. The number of hydrogen-bond acceptors (Lipinski definition) is 3. The van der Waals surface area contributed by atoms with Crippen molar-refractivity contribution < 1.29 is 9.59 Å². The van der Waals surface area contributed by atoms with Crippen molar-refractivity contribution in [2.24, 2.45) is 18.9 Å². The highest BCUT2D eigenvalue weighted by Gasteiger charge is 2.40. The largest absolute Gasteiger partial charge is 0.350 e. The summed E-state index contributed by atoms with van der Waals surface area (Å²) in [6.07, 6.45) is 2.88. The Morgan fingerprint density at radius 3 is 2.35 bits per heavy atom. The maximum atomic E-state index is 13.3. The van der Waals surface area contributed by atoms with Crippen molar-refractivity contribution >= 4 is 57.2 Å². The third-order valence-corrected chi connectivity index (χ3v) is 7.78. The highest BCUT2D eigenvalue weighted by atomic mass is 35.5. The zero-order valence-electron chi connectivity index (χ0n) is 18.8. The zero-order valence-corrected chi connectivity index (χ0v) is 19.6. The summed E-state index contributed by atoms with van der Waals surface area (Å²) in [5, 5.41) is 8.19.